The summed E-state index contributed by atoms with van der Waals surface area (Å²) in [6.07, 6.45) is 22.5. The number of allylic oxidation sites excluding steroid dienone is 6. The fourth-order valence-corrected chi connectivity index (χ4v) is 3.74. The van der Waals surface area contributed by atoms with Gasteiger partial charge in [0.05, 0.1) is 26.4 Å². The summed E-state index contributed by atoms with van der Waals surface area (Å²) >= 11 is 0. The number of rotatable bonds is 8. The second kappa shape index (κ2) is 12.5. The van der Waals surface area contributed by atoms with Crippen LogP contribution in [0, 0.1) is 0 Å². The lowest BCUT2D eigenvalue weighted by Gasteiger charge is -2.15. The maximum Gasteiger partial charge on any atom is 0.121 e. The Hall–Kier alpha value is -2.10. The van der Waals surface area contributed by atoms with Crippen molar-refractivity contribution in [2.24, 2.45) is 0 Å². The zero-order chi connectivity index (χ0) is 20.2. The highest BCUT2D eigenvalue weighted by atomic mass is 16.5. The SMILES string of the molecule is Oc1cccc(COCC2=CC=CCCCC2)c1COCC1=CC=CCCCC1. The Morgan fingerprint density at radius 3 is 2.00 bits per heavy atom. The molecule has 3 rings (SSSR count). The van der Waals surface area contributed by atoms with E-state index >= 15 is 0 Å². The first kappa shape index (κ1) is 21.6. The number of hydrogen-bond acceptors (Lipinski definition) is 3. The van der Waals surface area contributed by atoms with Gasteiger partial charge in [-0.25, -0.2) is 0 Å². The molecule has 1 N–H and O–H groups in total. The molecule has 0 radical (unpaired) electrons. The minimum absolute atomic E-state index is 0.283. The van der Waals surface area contributed by atoms with Crippen molar-refractivity contribution < 1.29 is 14.6 Å². The molecular formula is C26H34O3. The smallest absolute Gasteiger partial charge is 0.121 e. The minimum Gasteiger partial charge on any atom is -0.508 e. The molecule has 0 heterocycles. The first-order valence-electron chi connectivity index (χ1n) is 11.0. The normalized spacial score (nSPS) is 17.7. The highest BCUT2D eigenvalue weighted by molar-refractivity contribution is 5.38. The predicted molar refractivity (Wildman–Crippen MR) is 119 cm³/mol. The van der Waals surface area contributed by atoms with E-state index in [1.54, 1.807) is 6.07 Å². The molecule has 0 saturated heterocycles. The van der Waals surface area contributed by atoms with Crippen LogP contribution in [0.3, 0.4) is 0 Å². The lowest BCUT2D eigenvalue weighted by atomic mass is 10.0. The summed E-state index contributed by atoms with van der Waals surface area (Å²) in [4.78, 5) is 0. The fourth-order valence-electron chi connectivity index (χ4n) is 3.74. The Balaban J connectivity index is 1.53. The van der Waals surface area contributed by atoms with E-state index in [-0.39, 0.29) is 5.75 Å². The molecule has 29 heavy (non-hydrogen) atoms. The molecule has 1 aromatic rings. The highest BCUT2D eigenvalue weighted by Gasteiger charge is 2.10. The van der Waals surface area contributed by atoms with Crippen LogP contribution in [-0.2, 0) is 22.7 Å². The first-order valence-corrected chi connectivity index (χ1v) is 11.0. The monoisotopic (exact) mass is 394 g/mol. The van der Waals surface area contributed by atoms with Gasteiger partial charge in [-0.05, 0) is 74.1 Å². The van der Waals surface area contributed by atoms with Gasteiger partial charge in [-0.3, -0.25) is 0 Å². The van der Waals surface area contributed by atoms with Gasteiger partial charge in [0.15, 0.2) is 0 Å². The van der Waals surface area contributed by atoms with Gasteiger partial charge in [0.25, 0.3) is 0 Å². The molecule has 3 nitrogen and oxygen atoms in total. The van der Waals surface area contributed by atoms with E-state index in [9.17, 15) is 5.11 Å². The Kier molecular flexibility index (Phi) is 9.28. The third-order valence-corrected chi connectivity index (χ3v) is 5.50. The van der Waals surface area contributed by atoms with Crippen LogP contribution in [0.25, 0.3) is 0 Å². The fraction of sp³-hybridized carbons (Fsp3) is 0.462. The molecule has 0 aromatic heterocycles. The van der Waals surface area contributed by atoms with Crippen LogP contribution in [0.2, 0.25) is 0 Å². The van der Waals surface area contributed by atoms with E-state index in [2.05, 4.69) is 36.5 Å². The van der Waals surface area contributed by atoms with Crippen LogP contribution in [-0.4, -0.2) is 18.3 Å². The Bertz CT molecular complexity index is 755. The minimum atomic E-state index is 0.283. The van der Waals surface area contributed by atoms with Gasteiger partial charge in [-0.15, -0.1) is 0 Å². The van der Waals surface area contributed by atoms with Crippen LogP contribution in [0.1, 0.15) is 62.5 Å². The summed E-state index contributed by atoms with van der Waals surface area (Å²) in [5, 5.41) is 10.3. The zero-order valence-electron chi connectivity index (χ0n) is 17.4. The molecule has 156 valence electrons. The van der Waals surface area contributed by atoms with E-state index in [4.69, 9.17) is 9.47 Å². The number of phenols is 1. The van der Waals surface area contributed by atoms with Crippen molar-refractivity contribution in [1.29, 1.82) is 0 Å². The molecular weight excluding hydrogens is 360 g/mol. The van der Waals surface area contributed by atoms with Gasteiger partial charge in [-0.2, -0.15) is 0 Å². The molecule has 0 bridgehead atoms. The second-order valence-corrected chi connectivity index (χ2v) is 7.90. The van der Waals surface area contributed by atoms with Crippen molar-refractivity contribution >= 4 is 0 Å². The van der Waals surface area contributed by atoms with Gasteiger partial charge < -0.3 is 14.6 Å². The molecule has 0 spiro atoms. The molecule has 3 heteroatoms. The Labute approximate surface area is 175 Å². The number of ether oxygens (including phenoxy) is 2. The average molecular weight is 395 g/mol. The molecule has 2 aliphatic rings. The predicted octanol–water partition coefficient (Wildman–Crippen LogP) is 6.54. The molecule has 1 aromatic carbocycles. The summed E-state index contributed by atoms with van der Waals surface area (Å²) in [7, 11) is 0. The molecule has 0 saturated carbocycles. The summed E-state index contributed by atoms with van der Waals surface area (Å²) in [6, 6.07) is 5.61. The van der Waals surface area contributed by atoms with Crippen molar-refractivity contribution in [2.75, 3.05) is 13.2 Å². The van der Waals surface area contributed by atoms with E-state index in [0.29, 0.717) is 26.4 Å². The summed E-state index contributed by atoms with van der Waals surface area (Å²) in [5.74, 6) is 0.283. The number of hydrogen-bond donors (Lipinski definition) is 1. The maximum atomic E-state index is 10.3. The third kappa shape index (κ3) is 7.68. The van der Waals surface area contributed by atoms with Crippen molar-refractivity contribution in [1.82, 2.24) is 0 Å². The average Bonchev–Trinajstić information content (AvgIpc) is 2.66. The van der Waals surface area contributed by atoms with Crippen molar-refractivity contribution in [3.63, 3.8) is 0 Å². The van der Waals surface area contributed by atoms with Crippen LogP contribution in [0.15, 0.2) is 65.8 Å². The third-order valence-electron chi connectivity index (χ3n) is 5.50. The molecule has 0 unspecified atom stereocenters. The quantitative estimate of drug-likeness (QED) is 0.544. The summed E-state index contributed by atoms with van der Waals surface area (Å²) < 4.78 is 12.0. The number of phenolic OH excluding ortho intramolecular Hbond substituents is 1. The van der Waals surface area contributed by atoms with Crippen molar-refractivity contribution in [2.45, 2.75) is 64.6 Å². The Morgan fingerprint density at radius 2 is 1.34 bits per heavy atom. The van der Waals surface area contributed by atoms with Crippen molar-refractivity contribution in [3.8, 4) is 5.75 Å². The van der Waals surface area contributed by atoms with Gasteiger partial charge in [0.2, 0.25) is 0 Å². The lowest BCUT2D eigenvalue weighted by molar-refractivity contribution is 0.124. The van der Waals surface area contributed by atoms with E-state index in [1.165, 1.54) is 49.7 Å². The van der Waals surface area contributed by atoms with Crippen LogP contribution >= 0.6 is 0 Å². The molecule has 0 atom stereocenters. The van der Waals surface area contributed by atoms with E-state index in [0.717, 1.165) is 24.0 Å². The second-order valence-electron chi connectivity index (χ2n) is 7.90. The topological polar surface area (TPSA) is 38.7 Å². The zero-order valence-corrected chi connectivity index (χ0v) is 17.4. The summed E-state index contributed by atoms with van der Waals surface area (Å²) in [6.45, 7) is 2.13. The first-order chi connectivity index (χ1) is 14.3. The lowest BCUT2D eigenvalue weighted by Crippen LogP contribution is -2.05. The van der Waals surface area contributed by atoms with Gasteiger partial charge in [0.1, 0.15) is 5.75 Å². The van der Waals surface area contributed by atoms with E-state index in [1.807, 2.05) is 12.1 Å². The molecule has 0 fully saturated rings. The highest BCUT2D eigenvalue weighted by Crippen LogP contribution is 2.24. The maximum absolute atomic E-state index is 10.3. The van der Waals surface area contributed by atoms with Crippen LogP contribution in [0.4, 0.5) is 0 Å². The molecule has 0 aliphatic heterocycles. The van der Waals surface area contributed by atoms with Crippen LogP contribution < -0.4 is 0 Å². The number of aromatic hydroxyl groups is 1. The van der Waals surface area contributed by atoms with E-state index < -0.39 is 0 Å². The van der Waals surface area contributed by atoms with Crippen LogP contribution in [0.5, 0.6) is 5.75 Å². The van der Waals surface area contributed by atoms with Gasteiger partial charge in [0, 0.05) is 5.56 Å². The summed E-state index contributed by atoms with van der Waals surface area (Å²) in [5.41, 5.74) is 4.49. The van der Waals surface area contributed by atoms with Crippen molar-refractivity contribution in [3.05, 3.63) is 76.9 Å². The molecule has 0 amide bonds. The molecule has 2 aliphatic carbocycles. The standard InChI is InChI=1S/C26H34O3/c27-26-17-11-16-24(20-28-18-22-12-7-3-1-4-8-13-22)25(26)21-29-19-23-14-9-5-2-6-10-15-23/h3,5,7,9,11-12,14,16-17,27H,1-2,4,6,8,10,13,15,18-21H2. The van der Waals surface area contributed by atoms with Gasteiger partial charge >= 0.3 is 0 Å². The van der Waals surface area contributed by atoms with Gasteiger partial charge in [-0.1, -0.05) is 48.6 Å². The number of benzene rings is 1. The Morgan fingerprint density at radius 1 is 0.724 bits per heavy atom. The largest absolute Gasteiger partial charge is 0.508 e.